The minimum absolute atomic E-state index is 0.102. The summed E-state index contributed by atoms with van der Waals surface area (Å²) < 4.78 is 11.2. The Hall–Kier alpha value is -1.11. The Bertz CT molecular complexity index is 368. The summed E-state index contributed by atoms with van der Waals surface area (Å²) in [6.45, 7) is 6.61. The first kappa shape index (κ1) is 15.9. The van der Waals surface area contributed by atoms with E-state index in [0.29, 0.717) is 24.6 Å². The van der Waals surface area contributed by atoms with Gasteiger partial charge in [-0.05, 0) is 5.41 Å². The highest BCUT2D eigenvalue weighted by Gasteiger charge is 2.30. The lowest BCUT2D eigenvalue weighted by molar-refractivity contribution is -0.138. The van der Waals surface area contributed by atoms with E-state index in [9.17, 15) is 13.8 Å². The van der Waals surface area contributed by atoms with Crippen molar-refractivity contribution in [2.24, 2.45) is 5.41 Å². The molecule has 0 spiro atoms. The van der Waals surface area contributed by atoms with Crippen molar-refractivity contribution in [3.63, 3.8) is 0 Å². The quantitative estimate of drug-likeness (QED) is 0.799. The average molecular weight is 290 g/mol. The normalized spacial score (nSPS) is 19.0. The largest absolute Gasteiger partial charge is 0.481 e. The molecule has 0 aromatic carbocycles. The molecule has 0 aromatic heterocycles. The van der Waals surface area contributed by atoms with E-state index in [1.807, 2.05) is 20.8 Å². The molecular weight excluding hydrogens is 268 g/mol. The van der Waals surface area contributed by atoms with Gasteiger partial charge in [0.2, 0.25) is 0 Å². The summed E-state index contributed by atoms with van der Waals surface area (Å²) in [5.41, 5.74) is -0.327. The molecule has 110 valence electrons. The number of carbonyl (C=O) groups excluding carboxylic acids is 1. The maximum atomic E-state index is 12.1. The monoisotopic (exact) mass is 290 g/mol. The lowest BCUT2D eigenvalue weighted by Gasteiger charge is -2.34. The van der Waals surface area contributed by atoms with E-state index in [1.165, 1.54) is 0 Å². The van der Waals surface area contributed by atoms with Crippen molar-refractivity contribution in [2.75, 3.05) is 24.6 Å². The number of carboxylic acids is 1. The molecular formula is C12H22N2O4S. The van der Waals surface area contributed by atoms with Gasteiger partial charge in [0.25, 0.3) is 0 Å². The predicted octanol–water partition coefficient (Wildman–Crippen LogP) is 0.650. The standard InChI is InChI=1S/C12H22N2O4S/c1-12(2,3)9(8-10(15)16)13-11(17)14-4-6-19(18)7-5-14/h9H,4-8H2,1-3H3,(H,13,17)(H,15,16). The molecule has 19 heavy (non-hydrogen) atoms. The van der Waals surface area contributed by atoms with Crippen LogP contribution in [-0.2, 0) is 15.6 Å². The Kier molecular flexibility index (Phi) is 5.34. The smallest absolute Gasteiger partial charge is 0.317 e. The Balaban J connectivity index is 2.60. The van der Waals surface area contributed by atoms with Crippen LogP contribution in [0.4, 0.5) is 4.79 Å². The highest BCUT2D eigenvalue weighted by atomic mass is 32.2. The van der Waals surface area contributed by atoms with Crippen molar-refractivity contribution in [1.82, 2.24) is 10.2 Å². The highest BCUT2D eigenvalue weighted by molar-refractivity contribution is 7.85. The zero-order chi connectivity index (χ0) is 14.6. The first-order chi connectivity index (χ1) is 8.70. The minimum Gasteiger partial charge on any atom is -0.481 e. The van der Waals surface area contributed by atoms with Crippen molar-refractivity contribution in [2.45, 2.75) is 33.2 Å². The fourth-order valence-electron chi connectivity index (χ4n) is 1.83. The number of aliphatic carboxylic acids is 1. The summed E-state index contributed by atoms with van der Waals surface area (Å²) in [4.78, 5) is 24.5. The molecule has 1 rings (SSSR count). The van der Waals surface area contributed by atoms with Gasteiger partial charge in [0, 0.05) is 41.4 Å². The SMILES string of the molecule is CC(C)(C)C(CC(=O)O)NC(=O)N1CCS(=O)CC1. The summed E-state index contributed by atoms with van der Waals surface area (Å²) in [5.74, 6) is 0.0546. The number of rotatable bonds is 3. The van der Waals surface area contributed by atoms with E-state index >= 15 is 0 Å². The number of hydrogen-bond acceptors (Lipinski definition) is 3. The summed E-state index contributed by atoms with van der Waals surface area (Å²) in [6, 6.07) is -0.692. The summed E-state index contributed by atoms with van der Waals surface area (Å²) in [5, 5.41) is 11.7. The molecule has 1 fully saturated rings. The van der Waals surface area contributed by atoms with Crippen LogP contribution >= 0.6 is 0 Å². The Morgan fingerprint density at radius 3 is 2.26 bits per heavy atom. The number of nitrogens with one attached hydrogen (secondary N) is 1. The number of hydrogen-bond donors (Lipinski definition) is 2. The number of carboxylic acid groups (broad SMARTS) is 1. The summed E-state index contributed by atoms with van der Waals surface area (Å²) >= 11 is 0. The van der Waals surface area contributed by atoms with E-state index in [1.54, 1.807) is 4.90 Å². The molecule has 1 aliphatic heterocycles. The van der Waals surface area contributed by atoms with Crippen LogP contribution in [0, 0.1) is 5.41 Å². The van der Waals surface area contributed by atoms with Crippen LogP contribution in [0.25, 0.3) is 0 Å². The first-order valence-corrected chi connectivity index (χ1v) is 7.81. The molecule has 7 heteroatoms. The lowest BCUT2D eigenvalue weighted by atomic mass is 9.85. The molecule has 6 nitrogen and oxygen atoms in total. The third-order valence-corrected chi connectivity index (χ3v) is 4.46. The van der Waals surface area contributed by atoms with Crippen molar-refractivity contribution in [1.29, 1.82) is 0 Å². The van der Waals surface area contributed by atoms with Gasteiger partial charge in [0.05, 0.1) is 6.42 Å². The predicted molar refractivity (Wildman–Crippen MR) is 73.5 cm³/mol. The molecule has 1 heterocycles. The topological polar surface area (TPSA) is 86.7 Å². The second-order valence-corrected chi connectivity index (χ2v) is 7.50. The minimum atomic E-state index is -0.931. The molecule has 1 unspecified atom stereocenters. The second-order valence-electron chi connectivity index (χ2n) is 5.80. The van der Waals surface area contributed by atoms with E-state index in [4.69, 9.17) is 5.11 Å². The van der Waals surface area contributed by atoms with E-state index in [2.05, 4.69) is 5.32 Å². The third kappa shape index (κ3) is 5.18. The lowest BCUT2D eigenvalue weighted by Crippen LogP contribution is -2.53. The van der Waals surface area contributed by atoms with Crippen LogP contribution in [0.3, 0.4) is 0 Å². The number of carbonyl (C=O) groups is 2. The maximum absolute atomic E-state index is 12.1. The molecule has 0 radical (unpaired) electrons. The molecule has 1 atom stereocenters. The fourth-order valence-corrected chi connectivity index (χ4v) is 2.88. The number of urea groups is 1. The van der Waals surface area contributed by atoms with E-state index in [0.717, 1.165) is 0 Å². The van der Waals surface area contributed by atoms with Crippen molar-refractivity contribution >= 4 is 22.8 Å². The summed E-state index contributed by atoms with van der Waals surface area (Å²) in [7, 11) is -0.832. The molecule has 0 aromatic rings. The number of nitrogens with zero attached hydrogens (tertiary/aromatic N) is 1. The van der Waals surface area contributed by atoms with Crippen LogP contribution in [0.1, 0.15) is 27.2 Å². The van der Waals surface area contributed by atoms with Gasteiger partial charge in [-0.2, -0.15) is 0 Å². The van der Waals surface area contributed by atoms with Gasteiger partial charge in [-0.15, -0.1) is 0 Å². The molecule has 1 aliphatic rings. The molecule has 2 amide bonds. The molecule has 0 saturated carbocycles. The Morgan fingerprint density at radius 1 is 1.32 bits per heavy atom. The molecule has 0 aliphatic carbocycles. The van der Waals surface area contributed by atoms with Crippen molar-refractivity contribution in [3.05, 3.63) is 0 Å². The first-order valence-electron chi connectivity index (χ1n) is 6.32. The van der Waals surface area contributed by atoms with Crippen LogP contribution < -0.4 is 5.32 Å². The van der Waals surface area contributed by atoms with Gasteiger partial charge in [-0.25, -0.2) is 4.79 Å². The van der Waals surface area contributed by atoms with E-state index < -0.39 is 22.8 Å². The van der Waals surface area contributed by atoms with Gasteiger partial charge >= 0.3 is 12.0 Å². The van der Waals surface area contributed by atoms with Gasteiger partial charge in [0.15, 0.2) is 0 Å². The second kappa shape index (κ2) is 6.36. The van der Waals surface area contributed by atoms with Crippen LogP contribution in [0.15, 0.2) is 0 Å². The van der Waals surface area contributed by atoms with Crippen LogP contribution in [0.5, 0.6) is 0 Å². The van der Waals surface area contributed by atoms with Crippen LogP contribution in [0.2, 0.25) is 0 Å². The zero-order valence-corrected chi connectivity index (χ0v) is 12.5. The molecule has 2 N–H and O–H groups in total. The van der Waals surface area contributed by atoms with E-state index in [-0.39, 0.29) is 17.9 Å². The molecule has 1 saturated heterocycles. The molecule has 0 bridgehead atoms. The fraction of sp³-hybridized carbons (Fsp3) is 0.833. The van der Waals surface area contributed by atoms with Gasteiger partial charge in [-0.3, -0.25) is 9.00 Å². The Labute approximate surface area is 116 Å². The zero-order valence-electron chi connectivity index (χ0n) is 11.6. The Morgan fingerprint density at radius 2 is 1.84 bits per heavy atom. The van der Waals surface area contributed by atoms with Gasteiger partial charge < -0.3 is 15.3 Å². The van der Waals surface area contributed by atoms with Crippen molar-refractivity contribution < 1.29 is 18.9 Å². The summed E-state index contributed by atoms with van der Waals surface area (Å²) in [6.07, 6.45) is -0.102. The number of amides is 2. The average Bonchev–Trinajstić information content (AvgIpc) is 2.27. The van der Waals surface area contributed by atoms with Crippen LogP contribution in [-0.4, -0.2) is 56.9 Å². The van der Waals surface area contributed by atoms with Gasteiger partial charge in [0.1, 0.15) is 0 Å². The third-order valence-electron chi connectivity index (χ3n) is 3.19. The highest BCUT2D eigenvalue weighted by Crippen LogP contribution is 2.22. The maximum Gasteiger partial charge on any atom is 0.317 e. The van der Waals surface area contributed by atoms with Crippen molar-refractivity contribution in [3.8, 4) is 0 Å². The van der Waals surface area contributed by atoms with Gasteiger partial charge in [-0.1, -0.05) is 20.8 Å².